The van der Waals surface area contributed by atoms with Crippen LogP contribution >= 0.6 is 0 Å². The highest BCUT2D eigenvalue weighted by Crippen LogP contribution is 2.22. The second-order valence-electron chi connectivity index (χ2n) is 5.08. The molecule has 1 atom stereocenters. The van der Waals surface area contributed by atoms with Crippen molar-refractivity contribution in [2.45, 2.75) is 33.2 Å². The summed E-state index contributed by atoms with van der Waals surface area (Å²) in [6.45, 7) is 11.3. The molecule has 1 amide bonds. The van der Waals surface area contributed by atoms with Gasteiger partial charge in [-0.05, 0) is 44.0 Å². The van der Waals surface area contributed by atoms with Crippen molar-refractivity contribution in [3.05, 3.63) is 42.0 Å². The van der Waals surface area contributed by atoms with Crippen LogP contribution in [0.3, 0.4) is 0 Å². The van der Waals surface area contributed by atoms with E-state index in [1.54, 1.807) is 6.08 Å². The Balaban J connectivity index is 2.57. The van der Waals surface area contributed by atoms with E-state index in [1.807, 2.05) is 19.1 Å². The Bertz CT molecular complexity index is 472. The average molecular weight is 290 g/mol. The van der Waals surface area contributed by atoms with Crippen LogP contribution in [0, 0.1) is 6.92 Å². The summed E-state index contributed by atoms with van der Waals surface area (Å²) in [5.41, 5.74) is 2.26. The number of benzene rings is 1. The summed E-state index contributed by atoms with van der Waals surface area (Å²) in [6.07, 6.45) is 2.76. The van der Waals surface area contributed by atoms with Gasteiger partial charge in [0, 0.05) is 12.6 Å². The molecule has 21 heavy (non-hydrogen) atoms. The van der Waals surface area contributed by atoms with E-state index >= 15 is 0 Å². The SMILES string of the molecule is C=CCNC(=O)COc1ccc(C(C)NCCC)cc1C. The van der Waals surface area contributed by atoms with Crippen LogP contribution < -0.4 is 15.4 Å². The molecule has 0 saturated heterocycles. The number of amides is 1. The van der Waals surface area contributed by atoms with Crippen molar-refractivity contribution in [3.63, 3.8) is 0 Å². The second-order valence-corrected chi connectivity index (χ2v) is 5.08. The molecule has 0 spiro atoms. The lowest BCUT2D eigenvalue weighted by Crippen LogP contribution is -2.28. The van der Waals surface area contributed by atoms with Crippen LogP contribution in [0.1, 0.15) is 37.4 Å². The normalized spacial score (nSPS) is 11.8. The van der Waals surface area contributed by atoms with Gasteiger partial charge in [0.05, 0.1) is 0 Å². The van der Waals surface area contributed by atoms with Gasteiger partial charge in [-0.2, -0.15) is 0 Å². The zero-order valence-corrected chi connectivity index (χ0v) is 13.2. The Morgan fingerprint density at radius 1 is 1.48 bits per heavy atom. The number of hydrogen-bond donors (Lipinski definition) is 2. The monoisotopic (exact) mass is 290 g/mol. The van der Waals surface area contributed by atoms with Crippen LogP contribution in [0.2, 0.25) is 0 Å². The third-order valence-corrected chi connectivity index (χ3v) is 3.20. The topological polar surface area (TPSA) is 50.4 Å². The van der Waals surface area contributed by atoms with Crippen LogP contribution in [0.25, 0.3) is 0 Å². The Hall–Kier alpha value is -1.81. The molecule has 2 N–H and O–H groups in total. The summed E-state index contributed by atoms with van der Waals surface area (Å²) in [4.78, 5) is 11.5. The molecule has 0 heterocycles. The van der Waals surface area contributed by atoms with E-state index in [0.29, 0.717) is 12.6 Å². The van der Waals surface area contributed by atoms with E-state index in [-0.39, 0.29) is 12.5 Å². The van der Waals surface area contributed by atoms with Gasteiger partial charge < -0.3 is 15.4 Å². The highest BCUT2D eigenvalue weighted by Gasteiger charge is 2.08. The summed E-state index contributed by atoms with van der Waals surface area (Å²) in [7, 11) is 0. The molecule has 4 nitrogen and oxygen atoms in total. The molecule has 0 aliphatic carbocycles. The van der Waals surface area contributed by atoms with E-state index in [1.165, 1.54) is 5.56 Å². The molecular formula is C17H26N2O2. The van der Waals surface area contributed by atoms with Gasteiger partial charge >= 0.3 is 0 Å². The fourth-order valence-electron chi connectivity index (χ4n) is 1.96. The zero-order chi connectivity index (χ0) is 15.7. The van der Waals surface area contributed by atoms with Crippen molar-refractivity contribution < 1.29 is 9.53 Å². The summed E-state index contributed by atoms with van der Waals surface area (Å²) in [5, 5.41) is 6.14. The third kappa shape index (κ3) is 6.00. The first kappa shape index (κ1) is 17.2. The molecule has 1 aromatic rings. The number of nitrogens with one attached hydrogen (secondary N) is 2. The molecule has 0 aliphatic heterocycles. The van der Waals surface area contributed by atoms with Gasteiger partial charge in [-0.15, -0.1) is 6.58 Å². The van der Waals surface area contributed by atoms with Crippen LogP contribution in [0.4, 0.5) is 0 Å². The smallest absolute Gasteiger partial charge is 0.258 e. The van der Waals surface area contributed by atoms with Gasteiger partial charge in [0.25, 0.3) is 5.91 Å². The molecule has 0 fully saturated rings. The molecule has 0 saturated carbocycles. The van der Waals surface area contributed by atoms with Gasteiger partial charge in [-0.1, -0.05) is 25.1 Å². The van der Waals surface area contributed by atoms with Crippen molar-refractivity contribution in [2.24, 2.45) is 0 Å². The first-order valence-corrected chi connectivity index (χ1v) is 7.42. The van der Waals surface area contributed by atoms with E-state index in [0.717, 1.165) is 24.3 Å². The molecule has 1 aromatic carbocycles. The molecule has 1 unspecified atom stereocenters. The third-order valence-electron chi connectivity index (χ3n) is 3.20. The second kappa shape index (κ2) is 9.19. The molecule has 4 heteroatoms. The lowest BCUT2D eigenvalue weighted by molar-refractivity contribution is -0.122. The minimum Gasteiger partial charge on any atom is -0.484 e. The number of rotatable bonds is 9. The van der Waals surface area contributed by atoms with Gasteiger partial charge in [-0.25, -0.2) is 0 Å². The summed E-state index contributed by atoms with van der Waals surface area (Å²) in [6, 6.07) is 6.38. The predicted octanol–water partition coefficient (Wildman–Crippen LogP) is 2.74. The lowest BCUT2D eigenvalue weighted by Gasteiger charge is -2.16. The van der Waals surface area contributed by atoms with Crippen LogP contribution in [0.15, 0.2) is 30.9 Å². The van der Waals surface area contributed by atoms with E-state index in [9.17, 15) is 4.79 Å². The largest absolute Gasteiger partial charge is 0.484 e. The van der Waals surface area contributed by atoms with Crippen molar-refractivity contribution >= 4 is 5.91 Å². The van der Waals surface area contributed by atoms with Crippen LogP contribution in [0.5, 0.6) is 5.75 Å². The van der Waals surface area contributed by atoms with Crippen molar-refractivity contribution in [1.82, 2.24) is 10.6 Å². The Morgan fingerprint density at radius 3 is 2.86 bits per heavy atom. The molecule has 0 bridgehead atoms. The molecule has 0 radical (unpaired) electrons. The van der Waals surface area contributed by atoms with E-state index < -0.39 is 0 Å². The summed E-state index contributed by atoms with van der Waals surface area (Å²) >= 11 is 0. The van der Waals surface area contributed by atoms with Crippen LogP contribution in [-0.2, 0) is 4.79 Å². The molecule has 0 aromatic heterocycles. The molecule has 116 valence electrons. The standard InChI is InChI=1S/C17H26N2O2/c1-5-9-18-14(4)15-7-8-16(13(3)11-15)21-12-17(20)19-10-6-2/h6-8,11,14,18H,2,5,9-10,12H2,1,3-4H3,(H,19,20). The number of hydrogen-bond acceptors (Lipinski definition) is 3. The summed E-state index contributed by atoms with van der Waals surface area (Å²) < 4.78 is 5.54. The number of carbonyl (C=O) groups excluding carboxylic acids is 1. The maximum absolute atomic E-state index is 11.5. The summed E-state index contributed by atoms with van der Waals surface area (Å²) in [5.74, 6) is 0.603. The van der Waals surface area contributed by atoms with Gasteiger partial charge in [0.1, 0.15) is 5.75 Å². The maximum atomic E-state index is 11.5. The van der Waals surface area contributed by atoms with E-state index in [4.69, 9.17) is 4.74 Å². The predicted molar refractivity (Wildman–Crippen MR) is 86.6 cm³/mol. The molecule has 0 aliphatic rings. The number of carbonyl (C=O) groups is 1. The Labute approximate surface area is 127 Å². The highest BCUT2D eigenvalue weighted by molar-refractivity contribution is 5.77. The van der Waals surface area contributed by atoms with Crippen molar-refractivity contribution in [3.8, 4) is 5.75 Å². The molecule has 1 rings (SSSR count). The Morgan fingerprint density at radius 2 is 2.24 bits per heavy atom. The number of ether oxygens (including phenoxy) is 1. The fourth-order valence-corrected chi connectivity index (χ4v) is 1.96. The fraction of sp³-hybridized carbons (Fsp3) is 0.471. The highest BCUT2D eigenvalue weighted by atomic mass is 16.5. The first-order valence-electron chi connectivity index (χ1n) is 7.42. The number of aryl methyl sites for hydroxylation is 1. The van der Waals surface area contributed by atoms with E-state index in [2.05, 4.69) is 37.1 Å². The van der Waals surface area contributed by atoms with Crippen molar-refractivity contribution in [1.29, 1.82) is 0 Å². The minimum absolute atomic E-state index is 0.0255. The maximum Gasteiger partial charge on any atom is 0.258 e. The van der Waals surface area contributed by atoms with Gasteiger partial charge in [0.15, 0.2) is 6.61 Å². The van der Waals surface area contributed by atoms with Gasteiger partial charge in [-0.3, -0.25) is 4.79 Å². The zero-order valence-electron chi connectivity index (χ0n) is 13.2. The quantitative estimate of drug-likeness (QED) is 0.688. The average Bonchev–Trinajstić information content (AvgIpc) is 2.49. The molecular weight excluding hydrogens is 264 g/mol. The van der Waals surface area contributed by atoms with Crippen molar-refractivity contribution in [2.75, 3.05) is 19.7 Å². The van der Waals surface area contributed by atoms with Crippen LogP contribution in [-0.4, -0.2) is 25.6 Å². The first-order chi connectivity index (χ1) is 10.1. The minimum atomic E-state index is -0.142. The Kier molecular flexibility index (Phi) is 7.54. The lowest BCUT2D eigenvalue weighted by atomic mass is 10.0. The van der Waals surface area contributed by atoms with Gasteiger partial charge in [0.2, 0.25) is 0 Å².